The van der Waals surface area contributed by atoms with Crippen molar-refractivity contribution in [3.63, 3.8) is 0 Å². The molecule has 8 heteroatoms. The van der Waals surface area contributed by atoms with Gasteiger partial charge in [0.1, 0.15) is 5.54 Å². The third kappa shape index (κ3) is 4.14. The van der Waals surface area contributed by atoms with E-state index in [1.807, 2.05) is 19.1 Å². The van der Waals surface area contributed by atoms with Gasteiger partial charge in [0.05, 0.1) is 5.56 Å². The van der Waals surface area contributed by atoms with Crippen molar-refractivity contribution in [3.8, 4) is 0 Å². The molecule has 1 heterocycles. The molecule has 1 aliphatic rings. The van der Waals surface area contributed by atoms with Gasteiger partial charge in [0, 0.05) is 0 Å². The second-order valence-electron chi connectivity index (χ2n) is 7.58. The van der Waals surface area contributed by atoms with E-state index in [-0.39, 0.29) is 0 Å². The molecule has 0 bridgehead atoms. The highest BCUT2D eigenvalue weighted by atomic mass is 16.5. The normalized spacial score (nSPS) is 18.0. The van der Waals surface area contributed by atoms with E-state index in [1.54, 1.807) is 51.1 Å². The van der Waals surface area contributed by atoms with Gasteiger partial charge in [-0.15, -0.1) is 0 Å². The minimum Gasteiger partial charge on any atom is -0.452 e. The Hall–Kier alpha value is -3.68. The second-order valence-corrected chi connectivity index (χ2v) is 7.58. The molecule has 0 unspecified atom stereocenters. The summed E-state index contributed by atoms with van der Waals surface area (Å²) in [4.78, 5) is 50.2. The van der Waals surface area contributed by atoms with Gasteiger partial charge in [-0.2, -0.15) is 5.01 Å². The van der Waals surface area contributed by atoms with Crippen LogP contribution in [0.1, 0.15) is 46.0 Å². The summed E-state index contributed by atoms with van der Waals surface area (Å²) < 4.78 is 5.11. The van der Waals surface area contributed by atoms with E-state index in [4.69, 9.17) is 4.74 Å². The third-order valence-electron chi connectivity index (χ3n) is 5.34. The predicted molar refractivity (Wildman–Crippen MR) is 113 cm³/mol. The van der Waals surface area contributed by atoms with E-state index >= 15 is 0 Å². The van der Waals surface area contributed by atoms with E-state index in [1.165, 1.54) is 0 Å². The lowest BCUT2D eigenvalue weighted by Crippen LogP contribution is -2.49. The van der Waals surface area contributed by atoms with Crippen LogP contribution in [0.25, 0.3) is 0 Å². The number of carbonyl (C=O) groups excluding carboxylic acids is 4. The van der Waals surface area contributed by atoms with Crippen molar-refractivity contribution in [2.24, 2.45) is 0 Å². The first-order valence-corrected chi connectivity index (χ1v) is 9.96. The average Bonchev–Trinajstić information content (AvgIpc) is 2.97. The molecular weight excluding hydrogens is 398 g/mol. The number of imide groups is 1. The topological polar surface area (TPSA) is 105 Å². The smallest absolute Gasteiger partial charge is 0.344 e. The van der Waals surface area contributed by atoms with Crippen molar-refractivity contribution < 1.29 is 23.9 Å². The maximum Gasteiger partial charge on any atom is 0.344 e. The molecule has 2 aromatic carbocycles. The quantitative estimate of drug-likeness (QED) is 0.549. The Kier molecular flexibility index (Phi) is 6.10. The zero-order valence-corrected chi connectivity index (χ0v) is 17.9. The maximum atomic E-state index is 13.0. The minimum atomic E-state index is -1.27. The first-order valence-electron chi connectivity index (χ1n) is 9.96. The zero-order chi connectivity index (χ0) is 22.8. The lowest BCUT2D eigenvalue weighted by Gasteiger charge is -2.25. The Labute approximate surface area is 180 Å². The van der Waals surface area contributed by atoms with Crippen LogP contribution in [0, 0.1) is 20.8 Å². The summed E-state index contributed by atoms with van der Waals surface area (Å²) in [5.74, 6) is -2.04. The minimum absolute atomic E-state index is 0.301. The zero-order valence-electron chi connectivity index (χ0n) is 17.9. The number of hydrazine groups is 1. The number of hydrogen-bond acceptors (Lipinski definition) is 5. The first-order chi connectivity index (χ1) is 14.7. The molecule has 0 aliphatic carbocycles. The number of urea groups is 1. The number of nitrogens with zero attached hydrogens (tertiary/aromatic N) is 1. The first kappa shape index (κ1) is 22.0. The molecule has 2 aromatic rings. The Morgan fingerprint density at radius 3 is 2.26 bits per heavy atom. The molecule has 1 atom stereocenters. The van der Waals surface area contributed by atoms with Crippen molar-refractivity contribution in [1.29, 1.82) is 0 Å². The molecule has 1 saturated heterocycles. The van der Waals surface area contributed by atoms with E-state index in [0.29, 0.717) is 22.6 Å². The van der Waals surface area contributed by atoms with Gasteiger partial charge in [-0.1, -0.05) is 55.0 Å². The van der Waals surface area contributed by atoms with Crippen molar-refractivity contribution in [1.82, 2.24) is 15.8 Å². The molecule has 31 heavy (non-hydrogen) atoms. The molecule has 0 saturated carbocycles. The maximum absolute atomic E-state index is 13.0. The van der Waals surface area contributed by atoms with Crippen LogP contribution in [0.4, 0.5) is 4.79 Å². The van der Waals surface area contributed by atoms with Crippen LogP contribution < -0.4 is 10.7 Å². The van der Waals surface area contributed by atoms with Crippen LogP contribution in [0.5, 0.6) is 0 Å². The number of aryl methyl sites for hydroxylation is 3. The summed E-state index contributed by atoms with van der Waals surface area (Å²) in [6.07, 6.45) is 0.301. The fraction of sp³-hybridized carbons (Fsp3) is 0.304. The number of ether oxygens (including phenoxy) is 1. The second kappa shape index (κ2) is 8.59. The Bertz CT molecular complexity index is 1030. The van der Waals surface area contributed by atoms with E-state index in [9.17, 15) is 19.2 Å². The molecule has 0 spiro atoms. The highest BCUT2D eigenvalue weighted by Gasteiger charge is 2.52. The van der Waals surface area contributed by atoms with Crippen molar-refractivity contribution >= 4 is 23.8 Å². The van der Waals surface area contributed by atoms with E-state index in [0.717, 1.165) is 16.7 Å². The molecule has 8 nitrogen and oxygen atoms in total. The molecule has 1 fully saturated rings. The predicted octanol–water partition coefficient (Wildman–Crippen LogP) is 2.66. The largest absolute Gasteiger partial charge is 0.452 e. The fourth-order valence-electron chi connectivity index (χ4n) is 3.90. The standard InChI is InChI=1S/C23H25N3O5/c1-5-23(17-9-7-6-8-10-17)21(29)26(22(30)24-23)25-18(27)13-31-20(28)19-15(3)11-14(2)12-16(19)4/h6-12H,5,13H2,1-4H3,(H,24,30)(H,25,27)/t23-/m1/s1. The van der Waals surface area contributed by atoms with Gasteiger partial charge in [0.15, 0.2) is 6.61 Å². The van der Waals surface area contributed by atoms with E-state index < -0.39 is 36.0 Å². The van der Waals surface area contributed by atoms with Gasteiger partial charge in [0.2, 0.25) is 0 Å². The fourth-order valence-corrected chi connectivity index (χ4v) is 3.90. The van der Waals surface area contributed by atoms with Gasteiger partial charge in [-0.25, -0.2) is 9.59 Å². The molecular formula is C23H25N3O5. The molecule has 2 N–H and O–H groups in total. The summed E-state index contributed by atoms with van der Waals surface area (Å²) in [5, 5.41) is 3.30. The summed E-state index contributed by atoms with van der Waals surface area (Å²) in [6, 6.07) is 11.8. The van der Waals surface area contributed by atoms with Crippen molar-refractivity contribution in [3.05, 3.63) is 70.3 Å². The molecule has 162 valence electrons. The monoisotopic (exact) mass is 423 g/mol. The van der Waals surface area contributed by atoms with Gasteiger partial charge in [-0.3, -0.25) is 15.0 Å². The van der Waals surface area contributed by atoms with Crippen LogP contribution in [-0.2, 0) is 19.9 Å². The number of esters is 1. The summed E-state index contributed by atoms with van der Waals surface area (Å²) in [5.41, 5.74) is 4.48. The summed E-state index contributed by atoms with van der Waals surface area (Å²) in [7, 11) is 0. The lowest BCUT2D eigenvalue weighted by atomic mass is 9.87. The van der Waals surface area contributed by atoms with E-state index in [2.05, 4.69) is 10.7 Å². The molecule has 4 amide bonds. The average molecular weight is 423 g/mol. The molecule has 0 aromatic heterocycles. The number of hydrogen-bond donors (Lipinski definition) is 2. The van der Waals surface area contributed by atoms with Gasteiger partial charge in [0.25, 0.3) is 11.8 Å². The van der Waals surface area contributed by atoms with Crippen LogP contribution in [-0.4, -0.2) is 35.4 Å². The van der Waals surface area contributed by atoms with Crippen LogP contribution in [0.15, 0.2) is 42.5 Å². The van der Waals surface area contributed by atoms with Crippen molar-refractivity contribution in [2.75, 3.05) is 6.61 Å². The number of amides is 4. The Balaban J connectivity index is 1.68. The highest BCUT2D eigenvalue weighted by Crippen LogP contribution is 2.31. The van der Waals surface area contributed by atoms with Gasteiger partial charge < -0.3 is 10.1 Å². The lowest BCUT2D eigenvalue weighted by molar-refractivity contribution is -0.140. The Morgan fingerprint density at radius 1 is 1.06 bits per heavy atom. The van der Waals surface area contributed by atoms with Crippen molar-refractivity contribution in [2.45, 2.75) is 39.7 Å². The number of nitrogens with one attached hydrogen (secondary N) is 2. The van der Waals surface area contributed by atoms with Crippen LogP contribution in [0.3, 0.4) is 0 Å². The number of carbonyl (C=O) groups is 4. The Morgan fingerprint density at radius 2 is 1.68 bits per heavy atom. The molecule has 3 rings (SSSR count). The van der Waals surface area contributed by atoms with Crippen LogP contribution in [0.2, 0.25) is 0 Å². The number of rotatable bonds is 6. The molecule has 1 aliphatic heterocycles. The third-order valence-corrected chi connectivity index (χ3v) is 5.34. The number of benzene rings is 2. The molecule has 0 radical (unpaired) electrons. The summed E-state index contributed by atoms with van der Waals surface area (Å²) in [6.45, 7) is 6.64. The van der Waals surface area contributed by atoms with Gasteiger partial charge >= 0.3 is 12.0 Å². The SMILES string of the molecule is CC[C@]1(c2ccccc2)NC(=O)N(NC(=O)COC(=O)c2c(C)cc(C)cc2C)C1=O. The summed E-state index contributed by atoms with van der Waals surface area (Å²) >= 11 is 0. The van der Waals surface area contributed by atoms with Crippen LogP contribution >= 0.6 is 0 Å². The van der Waals surface area contributed by atoms with Gasteiger partial charge in [-0.05, 0) is 43.9 Å². The highest BCUT2D eigenvalue weighted by molar-refractivity contribution is 6.08.